The summed E-state index contributed by atoms with van der Waals surface area (Å²) in [6, 6.07) is 51.7. The highest BCUT2D eigenvalue weighted by molar-refractivity contribution is 5.82. The largest absolute Gasteiger partial charge is 0.463 e. The van der Waals surface area contributed by atoms with Gasteiger partial charge in [0, 0.05) is 46.3 Å². The quantitative estimate of drug-likeness (QED) is 0.0527. The zero-order valence-electron chi connectivity index (χ0n) is 32.2. The number of esters is 2. The minimum atomic E-state index is -0.399. The van der Waals surface area contributed by atoms with Gasteiger partial charge in [0.25, 0.3) is 0 Å². The highest BCUT2D eigenvalue weighted by atomic mass is 16.5. The molecule has 0 radical (unpaired) electrons. The van der Waals surface area contributed by atoms with E-state index in [1.165, 1.54) is 23.3 Å². The van der Waals surface area contributed by atoms with E-state index in [9.17, 15) is 9.59 Å². The summed E-state index contributed by atoms with van der Waals surface area (Å²) in [5.74, 6) is -0.798. The summed E-state index contributed by atoms with van der Waals surface area (Å²) in [5, 5.41) is 0. The molecule has 6 nitrogen and oxygen atoms in total. The van der Waals surface area contributed by atoms with Crippen molar-refractivity contribution < 1.29 is 19.1 Å². The maximum absolute atomic E-state index is 11.4. The number of hydrogen-bond donors (Lipinski definition) is 0. The molecule has 0 saturated heterocycles. The van der Waals surface area contributed by atoms with E-state index in [1.807, 2.05) is 0 Å². The minimum Gasteiger partial charge on any atom is -0.463 e. The number of rotatable bonds is 17. The topological polar surface area (TPSA) is 59.1 Å². The fourth-order valence-corrected chi connectivity index (χ4v) is 6.53. The van der Waals surface area contributed by atoms with Gasteiger partial charge in [0.05, 0.1) is 13.2 Å². The molecule has 282 valence electrons. The van der Waals surface area contributed by atoms with E-state index >= 15 is 0 Å². The van der Waals surface area contributed by atoms with E-state index in [2.05, 4.69) is 182 Å². The molecule has 0 amide bonds. The van der Waals surface area contributed by atoms with Gasteiger partial charge in [-0.25, -0.2) is 9.59 Å². The summed E-state index contributed by atoms with van der Waals surface area (Å²) in [5.41, 5.74) is 13.4. The predicted octanol–water partition coefficient (Wildman–Crippen LogP) is 12.2. The summed E-state index contributed by atoms with van der Waals surface area (Å²) < 4.78 is 10.3. The fourth-order valence-electron chi connectivity index (χ4n) is 6.53. The van der Waals surface area contributed by atoms with Gasteiger partial charge in [-0.15, -0.1) is 0 Å². The lowest BCUT2D eigenvalue weighted by molar-refractivity contribution is -0.138. The van der Waals surface area contributed by atoms with Gasteiger partial charge < -0.3 is 19.3 Å². The summed E-state index contributed by atoms with van der Waals surface area (Å²) in [4.78, 5) is 27.4. The number of benzene rings is 6. The van der Waals surface area contributed by atoms with Crippen molar-refractivity contribution in [1.82, 2.24) is 0 Å². The third kappa shape index (κ3) is 10.3. The lowest BCUT2D eigenvalue weighted by atomic mass is 10.0. The third-order valence-corrected chi connectivity index (χ3v) is 9.60. The third-order valence-electron chi connectivity index (χ3n) is 9.60. The number of ether oxygens (including phenoxy) is 2. The second-order valence-electron chi connectivity index (χ2n) is 13.7. The molecule has 0 aromatic heterocycles. The molecule has 0 N–H and O–H groups in total. The molecule has 56 heavy (non-hydrogen) atoms. The molecule has 6 aromatic rings. The van der Waals surface area contributed by atoms with Gasteiger partial charge >= 0.3 is 11.9 Å². The van der Waals surface area contributed by atoms with E-state index in [1.54, 1.807) is 0 Å². The smallest absolute Gasteiger partial charge is 0.330 e. The van der Waals surface area contributed by atoms with Gasteiger partial charge in [-0.2, -0.15) is 0 Å². The molecule has 0 bridgehead atoms. The van der Waals surface area contributed by atoms with Crippen molar-refractivity contribution in [3.63, 3.8) is 0 Å². The van der Waals surface area contributed by atoms with Gasteiger partial charge in [0.2, 0.25) is 0 Å². The molecule has 0 aliphatic rings. The first-order valence-corrected chi connectivity index (χ1v) is 19.0. The van der Waals surface area contributed by atoms with Gasteiger partial charge in [0.1, 0.15) is 0 Å². The van der Waals surface area contributed by atoms with E-state index in [0.717, 1.165) is 82.1 Å². The van der Waals surface area contributed by atoms with Gasteiger partial charge in [0.15, 0.2) is 0 Å². The van der Waals surface area contributed by atoms with E-state index in [-0.39, 0.29) is 0 Å². The Balaban J connectivity index is 1.23. The Morgan fingerprint density at radius 3 is 1.00 bits per heavy atom. The van der Waals surface area contributed by atoms with Gasteiger partial charge in [-0.05, 0) is 135 Å². The van der Waals surface area contributed by atoms with Crippen molar-refractivity contribution >= 4 is 46.1 Å². The van der Waals surface area contributed by atoms with E-state index < -0.39 is 11.9 Å². The standard InChI is InChI=1S/C50H48N2O4/c1-5-49(53)55-35-7-9-39-15-27-45(28-16-39)52(46-29-17-40(18-30-46)10-8-36-56-50(54)6-2)48-33-21-42(22-34-48)41-19-31-47(32-20-41)51(43-23-11-37(3)12-24-43)44-25-13-38(4)14-26-44/h5-6,11-34H,1-2,7-10,35-36H2,3-4H3. The Morgan fingerprint density at radius 2 is 0.714 bits per heavy atom. The van der Waals surface area contributed by atoms with Crippen molar-refractivity contribution in [2.75, 3.05) is 23.0 Å². The van der Waals surface area contributed by atoms with Crippen LogP contribution in [0.5, 0.6) is 0 Å². The molecule has 0 spiro atoms. The lowest BCUT2D eigenvalue weighted by Gasteiger charge is -2.26. The predicted molar refractivity (Wildman–Crippen MR) is 230 cm³/mol. The zero-order valence-corrected chi connectivity index (χ0v) is 32.2. The molecule has 0 fully saturated rings. The number of carbonyl (C=O) groups is 2. The summed E-state index contributed by atoms with van der Waals surface area (Å²) in [6.07, 6.45) is 5.43. The van der Waals surface area contributed by atoms with Crippen molar-refractivity contribution in [2.45, 2.75) is 39.5 Å². The second kappa shape index (κ2) is 19.1. The monoisotopic (exact) mass is 740 g/mol. The van der Waals surface area contributed by atoms with Gasteiger partial charge in [-0.3, -0.25) is 0 Å². The van der Waals surface area contributed by atoms with Crippen LogP contribution in [0.15, 0.2) is 171 Å². The fraction of sp³-hybridized carbons (Fsp3) is 0.160. The second-order valence-corrected chi connectivity index (χ2v) is 13.7. The number of carbonyl (C=O) groups excluding carboxylic acids is 2. The van der Waals surface area contributed by atoms with Crippen LogP contribution in [0, 0.1) is 13.8 Å². The Morgan fingerprint density at radius 1 is 0.446 bits per heavy atom. The van der Waals surface area contributed by atoms with Crippen molar-refractivity contribution in [2.24, 2.45) is 0 Å². The van der Waals surface area contributed by atoms with Crippen LogP contribution in [0.1, 0.15) is 35.1 Å². The van der Waals surface area contributed by atoms with E-state index in [0.29, 0.717) is 13.2 Å². The maximum Gasteiger partial charge on any atom is 0.330 e. The molecule has 6 aromatic carbocycles. The summed E-state index contributed by atoms with van der Waals surface area (Å²) in [7, 11) is 0. The SMILES string of the molecule is C=CC(=O)OCCCc1ccc(N(c2ccc(CCCOC(=O)C=C)cc2)c2ccc(-c3ccc(N(c4ccc(C)cc4)c4ccc(C)cc4)cc3)cc2)cc1. The van der Waals surface area contributed by atoms with E-state index in [4.69, 9.17) is 9.47 Å². The lowest BCUT2D eigenvalue weighted by Crippen LogP contribution is -2.10. The number of hydrogen-bond acceptors (Lipinski definition) is 6. The first kappa shape index (κ1) is 39.0. The highest BCUT2D eigenvalue weighted by Gasteiger charge is 2.15. The summed E-state index contributed by atoms with van der Waals surface area (Å²) in [6.45, 7) is 11.8. The van der Waals surface area contributed by atoms with Crippen LogP contribution in [0.4, 0.5) is 34.1 Å². The molecule has 0 saturated carbocycles. The molecule has 0 aliphatic heterocycles. The van der Waals surface area contributed by atoms with Crippen LogP contribution >= 0.6 is 0 Å². The van der Waals surface area contributed by atoms with Crippen LogP contribution in [0.3, 0.4) is 0 Å². The molecule has 0 aliphatic carbocycles. The molecular formula is C50H48N2O4. The maximum atomic E-state index is 11.4. The van der Waals surface area contributed by atoms with Crippen molar-refractivity contribution in [3.8, 4) is 11.1 Å². The first-order chi connectivity index (χ1) is 27.3. The molecule has 6 rings (SSSR count). The average Bonchev–Trinajstić information content (AvgIpc) is 3.24. The molecule has 0 atom stereocenters. The van der Waals surface area contributed by atoms with Crippen molar-refractivity contribution in [3.05, 3.63) is 193 Å². The molecule has 0 unspecified atom stereocenters. The van der Waals surface area contributed by atoms with Crippen LogP contribution in [0.2, 0.25) is 0 Å². The Bertz CT molecular complexity index is 2090. The average molecular weight is 741 g/mol. The summed E-state index contributed by atoms with van der Waals surface area (Å²) >= 11 is 0. The van der Waals surface area contributed by atoms with Crippen LogP contribution < -0.4 is 9.80 Å². The highest BCUT2D eigenvalue weighted by Crippen LogP contribution is 2.38. The molecule has 6 heteroatoms. The van der Waals surface area contributed by atoms with Crippen molar-refractivity contribution in [1.29, 1.82) is 0 Å². The minimum absolute atomic E-state index is 0.356. The Kier molecular flexibility index (Phi) is 13.3. The Hall–Kier alpha value is -6.66. The number of nitrogens with zero attached hydrogens (tertiary/aromatic N) is 2. The molecular weight excluding hydrogens is 693 g/mol. The molecule has 0 heterocycles. The van der Waals surface area contributed by atoms with Crippen LogP contribution in [0.25, 0.3) is 11.1 Å². The first-order valence-electron chi connectivity index (χ1n) is 19.0. The number of anilines is 6. The normalized spacial score (nSPS) is 10.7. The van der Waals surface area contributed by atoms with Crippen LogP contribution in [-0.2, 0) is 31.9 Å². The Labute approximate surface area is 331 Å². The van der Waals surface area contributed by atoms with Crippen LogP contribution in [-0.4, -0.2) is 25.2 Å². The number of aryl methyl sites for hydroxylation is 4. The van der Waals surface area contributed by atoms with Gasteiger partial charge in [-0.1, -0.05) is 97.1 Å². The zero-order chi connectivity index (χ0) is 39.3.